The number of fused-ring (bicyclic) bond motifs is 1. The van der Waals surface area contributed by atoms with Gasteiger partial charge in [0.15, 0.2) is 12.3 Å². The lowest BCUT2D eigenvalue weighted by atomic mass is 9.78. The Bertz CT molecular complexity index is 1080. The molecule has 5 heterocycles. The standard InChI is InChI=1S/C19H20ClFN6OS2/c20-15-13(1-5-23-17(15)22)29-14-10-24-18(12-9-25-27(30-21)16(12)14)26-6-2-19(3-7-26)4-8-28-11-19/h1,5,9-10H,2-4,6-8,11H2,(H2,22,23). The van der Waals surface area contributed by atoms with Crippen molar-refractivity contribution in [3.8, 4) is 0 Å². The molecule has 2 aliphatic rings. The molecule has 30 heavy (non-hydrogen) atoms. The van der Waals surface area contributed by atoms with E-state index in [2.05, 4.69) is 15.0 Å². The van der Waals surface area contributed by atoms with Crippen LogP contribution < -0.4 is 10.6 Å². The summed E-state index contributed by atoms with van der Waals surface area (Å²) in [6.45, 7) is 3.51. The van der Waals surface area contributed by atoms with Crippen molar-refractivity contribution in [3.63, 3.8) is 0 Å². The van der Waals surface area contributed by atoms with Crippen molar-refractivity contribution in [2.75, 3.05) is 36.9 Å². The third-order valence-electron chi connectivity index (χ3n) is 5.99. The number of nitrogens with zero attached hydrogens (tertiary/aromatic N) is 5. The molecule has 2 fully saturated rings. The molecule has 3 aromatic heterocycles. The van der Waals surface area contributed by atoms with Gasteiger partial charge in [0.25, 0.3) is 0 Å². The van der Waals surface area contributed by atoms with E-state index >= 15 is 0 Å². The zero-order valence-electron chi connectivity index (χ0n) is 16.1. The van der Waals surface area contributed by atoms with Gasteiger partial charge in [0.1, 0.15) is 17.2 Å². The number of ether oxygens (including phenoxy) is 1. The van der Waals surface area contributed by atoms with E-state index in [1.807, 2.05) is 0 Å². The number of aromatic nitrogens is 4. The average Bonchev–Trinajstić information content (AvgIpc) is 3.40. The Morgan fingerprint density at radius 3 is 2.73 bits per heavy atom. The lowest BCUT2D eigenvalue weighted by Gasteiger charge is -2.39. The Hall–Kier alpha value is -1.75. The Labute approximate surface area is 186 Å². The fourth-order valence-electron chi connectivity index (χ4n) is 4.23. The van der Waals surface area contributed by atoms with Crippen LogP contribution in [-0.4, -0.2) is 45.5 Å². The highest BCUT2D eigenvalue weighted by Gasteiger charge is 2.38. The van der Waals surface area contributed by atoms with Gasteiger partial charge < -0.3 is 15.4 Å². The SMILES string of the molecule is Nc1nccc(Sc2cnc(N3CCC4(CCOC4)CC3)c3cnn(SF)c23)c1Cl. The average molecular weight is 467 g/mol. The van der Waals surface area contributed by atoms with E-state index in [4.69, 9.17) is 27.1 Å². The van der Waals surface area contributed by atoms with Crippen molar-refractivity contribution in [1.29, 1.82) is 0 Å². The molecule has 1 spiro atoms. The first kappa shape index (κ1) is 20.2. The van der Waals surface area contributed by atoms with Gasteiger partial charge in [-0.25, -0.2) is 9.97 Å². The van der Waals surface area contributed by atoms with E-state index in [1.165, 1.54) is 15.8 Å². The summed E-state index contributed by atoms with van der Waals surface area (Å²) in [5, 5.41) is 5.41. The first-order valence-corrected chi connectivity index (χ1v) is 11.5. The molecule has 0 bridgehead atoms. The van der Waals surface area contributed by atoms with E-state index in [1.54, 1.807) is 24.7 Å². The number of halogens is 2. The molecule has 158 valence electrons. The van der Waals surface area contributed by atoms with E-state index in [9.17, 15) is 3.89 Å². The topological polar surface area (TPSA) is 82.1 Å². The highest BCUT2D eigenvalue weighted by molar-refractivity contribution is 7.99. The summed E-state index contributed by atoms with van der Waals surface area (Å²) in [5.74, 6) is 1.10. The normalized spacial score (nSPS) is 18.5. The molecule has 0 radical (unpaired) electrons. The number of nitrogen functional groups attached to an aromatic ring is 1. The van der Waals surface area contributed by atoms with Crippen LogP contribution in [0.1, 0.15) is 19.3 Å². The minimum atomic E-state index is 0.0670. The first-order chi connectivity index (χ1) is 14.6. The van der Waals surface area contributed by atoms with Crippen LogP contribution in [-0.2, 0) is 4.74 Å². The number of piperidine rings is 1. The largest absolute Gasteiger partial charge is 0.382 e. The summed E-state index contributed by atoms with van der Waals surface area (Å²) in [4.78, 5) is 12.5. The second-order valence-corrected chi connectivity index (χ2v) is 9.64. The lowest BCUT2D eigenvalue weighted by Crippen LogP contribution is -2.40. The van der Waals surface area contributed by atoms with Crippen molar-refractivity contribution >= 4 is 58.2 Å². The summed E-state index contributed by atoms with van der Waals surface area (Å²) < 4.78 is 20.5. The predicted molar refractivity (Wildman–Crippen MR) is 119 cm³/mol. The fourth-order valence-corrected chi connectivity index (χ4v) is 5.82. The molecule has 0 unspecified atom stereocenters. The Balaban J connectivity index is 1.49. The summed E-state index contributed by atoms with van der Waals surface area (Å²) in [5.41, 5.74) is 6.81. The van der Waals surface area contributed by atoms with Gasteiger partial charge in [0, 0.05) is 37.0 Å². The predicted octanol–water partition coefficient (Wildman–Crippen LogP) is 4.60. The molecule has 0 aromatic carbocycles. The van der Waals surface area contributed by atoms with Crippen LogP contribution in [0.4, 0.5) is 15.5 Å². The van der Waals surface area contributed by atoms with Gasteiger partial charge in [0.2, 0.25) is 0 Å². The summed E-state index contributed by atoms with van der Waals surface area (Å²) >= 11 is 7.74. The van der Waals surface area contributed by atoms with Crippen LogP contribution in [0.2, 0.25) is 5.02 Å². The highest BCUT2D eigenvalue weighted by Crippen LogP contribution is 2.43. The highest BCUT2D eigenvalue weighted by atomic mass is 35.5. The van der Waals surface area contributed by atoms with E-state index in [-0.39, 0.29) is 18.2 Å². The number of nitrogens with two attached hydrogens (primary N) is 1. The molecule has 0 amide bonds. The van der Waals surface area contributed by atoms with Gasteiger partial charge in [-0.3, -0.25) is 0 Å². The van der Waals surface area contributed by atoms with Crippen LogP contribution in [0.25, 0.3) is 10.9 Å². The molecule has 7 nitrogen and oxygen atoms in total. The third-order valence-corrected chi connectivity index (χ3v) is 7.99. The molecular weight excluding hydrogens is 447 g/mol. The maximum absolute atomic E-state index is 13.6. The minimum absolute atomic E-state index is 0.0670. The van der Waals surface area contributed by atoms with Gasteiger partial charge in [-0.05, 0) is 30.7 Å². The number of hydrogen-bond acceptors (Lipinski definition) is 8. The van der Waals surface area contributed by atoms with Crippen LogP contribution in [0.15, 0.2) is 34.4 Å². The Kier molecular flexibility index (Phi) is 5.42. The third kappa shape index (κ3) is 3.49. The summed E-state index contributed by atoms with van der Waals surface area (Å²) in [6.07, 6.45) is 8.31. The van der Waals surface area contributed by atoms with Gasteiger partial charge >= 0.3 is 0 Å². The molecule has 2 saturated heterocycles. The molecule has 2 aliphatic heterocycles. The Morgan fingerprint density at radius 2 is 2.00 bits per heavy atom. The van der Waals surface area contributed by atoms with Crippen molar-refractivity contribution < 1.29 is 8.62 Å². The molecule has 0 saturated carbocycles. The zero-order chi connectivity index (χ0) is 20.7. The molecular formula is C19H20ClFN6OS2. The van der Waals surface area contributed by atoms with Crippen LogP contribution in [0, 0.1) is 5.41 Å². The van der Waals surface area contributed by atoms with E-state index < -0.39 is 0 Å². The van der Waals surface area contributed by atoms with Crippen molar-refractivity contribution in [2.45, 2.75) is 29.1 Å². The molecule has 2 N–H and O–H groups in total. The second-order valence-electron chi connectivity index (χ2n) is 7.69. The van der Waals surface area contributed by atoms with E-state index in [0.717, 1.165) is 66.6 Å². The van der Waals surface area contributed by atoms with Gasteiger partial charge in [-0.2, -0.15) is 9.19 Å². The molecule has 0 atom stereocenters. The van der Waals surface area contributed by atoms with Crippen molar-refractivity contribution in [3.05, 3.63) is 29.7 Å². The lowest BCUT2D eigenvalue weighted by molar-refractivity contribution is 0.133. The molecule has 11 heteroatoms. The summed E-state index contributed by atoms with van der Waals surface area (Å²) in [7, 11) is 0. The van der Waals surface area contributed by atoms with Gasteiger partial charge in [0.05, 0.1) is 28.1 Å². The van der Waals surface area contributed by atoms with Gasteiger partial charge in [-0.1, -0.05) is 23.4 Å². The van der Waals surface area contributed by atoms with Crippen molar-refractivity contribution in [2.24, 2.45) is 5.41 Å². The smallest absolute Gasteiger partial charge is 0.188 e. The van der Waals surface area contributed by atoms with E-state index in [0.29, 0.717) is 16.0 Å². The monoisotopic (exact) mass is 466 g/mol. The number of rotatable bonds is 4. The molecule has 3 aromatic rings. The maximum Gasteiger partial charge on any atom is 0.188 e. The Morgan fingerprint density at radius 1 is 1.17 bits per heavy atom. The first-order valence-electron chi connectivity index (χ1n) is 9.67. The van der Waals surface area contributed by atoms with Gasteiger partial charge in [-0.15, -0.1) is 3.89 Å². The van der Waals surface area contributed by atoms with Crippen molar-refractivity contribution in [1.82, 2.24) is 19.2 Å². The molecule has 5 rings (SSSR count). The number of pyridine rings is 2. The van der Waals surface area contributed by atoms with Crippen LogP contribution >= 0.6 is 35.7 Å². The van der Waals surface area contributed by atoms with Crippen LogP contribution in [0.3, 0.4) is 0 Å². The molecule has 0 aliphatic carbocycles. The second kappa shape index (κ2) is 8.07. The minimum Gasteiger partial charge on any atom is -0.382 e. The number of anilines is 2. The quantitative estimate of drug-likeness (QED) is 0.597. The maximum atomic E-state index is 13.6. The fraction of sp³-hybridized carbons (Fsp3) is 0.421. The number of hydrogen-bond donors (Lipinski definition) is 1. The summed E-state index contributed by atoms with van der Waals surface area (Å²) in [6, 6.07) is 1.78. The van der Waals surface area contributed by atoms with Crippen LogP contribution in [0.5, 0.6) is 0 Å². The zero-order valence-corrected chi connectivity index (χ0v) is 18.4.